The lowest BCUT2D eigenvalue weighted by Crippen LogP contribution is -2.46. The van der Waals surface area contributed by atoms with E-state index in [9.17, 15) is 4.39 Å². The van der Waals surface area contributed by atoms with Crippen molar-refractivity contribution in [1.29, 1.82) is 0 Å². The lowest BCUT2D eigenvalue weighted by atomic mass is 10.2. The minimum absolute atomic E-state index is 0.239. The molecule has 2 unspecified atom stereocenters. The first kappa shape index (κ1) is 14.2. The molecule has 0 radical (unpaired) electrons. The van der Waals surface area contributed by atoms with Crippen molar-refractivity contribution in [3.63, 3.8) is 0 Å². The van der Waals surface area contributed by atoms with Crippen molar-refractivity contribution in [2.45, 2.75) is 25.0 Å². The molecule has 2 aliphatic heterocycles. The van der Waals surface area contributed by atoms with Gasteiger partial charge in [-0.05, 0) is 34.0 Å². The number of fused-ring (bicyclic) bond motifs is 2. The lowest BCUT2D eigenvalue weighted by Gasteiger charge is -2.35. The average Bonchev–Trinajstić information content (AvgIpc) is 3.08. The zero-order chi connectivity index (χ0) is 15.1. The van der Waals surface area contributed by atoms with Crippen molar-refractivity contribution in [2.24, 2.45) is 0 Å². The molecule has 114 valence electrons. The Balaban J connectivity index is 1.48. The number of hydrogen-bond acceptors (Lipinski definition) is 3. The Hall–Kier alpha value is -1.46. The van der Waals surface area contributed by atoms with Crippen LogP contribution in [0.2, 0.25) is 0 Å². The minimum atomic E-state index is -0.239. The zero-order valence-corrected chi connectivity index (χ0v) is 13.7. The molecule has 22 heavy (non-hydrogen) atoms. The number of nitrogens with zero attached hydrogens (tertiary/aromatic N) is 3. The topological polar surface area (TPSA) is 19.4 Å². The highest BCUT2D eigenvalue weighted by atomic mass is 79.9. The monoisotopic (exact) mass is 361 g/mol. The van der Waals surface area contributed by atoms with Crippen LogP contribution in [0.3, 0.4) is 0 Å². The largest absolute Gasteiger partial charge is 0.348 e. The van der Waals surface area contributed by atoms with Crippen LogP contribution in [0.1, 0.15) is 12.0 Å². The maximum atomic E-state index is 14.1. The van der Waals surface area contributed by atoms with Gasteiger partial charge in [0.05, 0.1) is 0 Å². The quantitative estimate of drug-likeness (QED) is 0.834. The van der Waals surface area contributed by atoms with Crippen LogP contribution in [0, 0.1) is 5.82 Å². The van der Waals surface area contributed by atoms with Crippen LogP contribution in [-0.4, -0.2) is 35.1 Å². The fraction of sp³-hybridized carbons (Fsp3) is 0.353. The summed E-state index contributed by atoms with van der Waals surface area (Å²) in [6, 6.07) is 12.9. The van der Waals surface area contributed by atoms with E-state index >= 15 is 0 Å². The first-order chi connectivity index (χ1) is 10.7. The van der Waals surface area contributed by atoms with Gasteiger partial charge in [-0.25, -0.2) is 9.37 Å². The van der Waals surface area contributed by atoms with Crippen LogP contribution in [0.5, 0.6) is 0 Å². The summed E-state index contributed by atoms with van der Waals surface area (Å²) >= 11 is 3.26. The number of benzene rings is 1. The Kier molecular flexibility index (Phi) is 3.62. The van der Waals surface area contributed by atoms with E-state index in [-0.39, 0.29) is 5.82 Å². The van der Waals surface area contributed by atoms with Gasteiger partial charge in [-0.1, -0.05) is 30.3 Å². The second-order valence-electron chi connectivity index (χ2n) is 6.07. The molecule has 1 aromatic heterocycles. The summed E-state index contributed by atoms with van der Waals surface area (Å²) in [6.07, 6.45) is 2.77. The van der Waals surface area contributed by atoms with E-state index in [4.69, 9.17) is 0 Å². The molecular weight excluding hydrogens is 345 g/mol. The molecular formula is C17H17BrFN3. The molecule has 2 aliphatic rings. The van der Waals surface area contributed by atoms with Crippen molar-refractivity contribution < 1.29 is 4.39 Å². The summed E-state index contributed by atoms with van der Waals surface area (Å²) in [5, 5.41) is 0. The Morgan fingerprint density at radius 1 is 1.18 bits per heavy atom. The Morgan fingerprint density at radius 3 is 2.68 bits per heavy atom. The second-order valence-corrected chi connectivity index (χ2v) is 6.99. The third-order valence-corrected chi connectivity index (χ3v) is 5.08. The summed E-state index contributed by atoms with van der Waals surface area (Å²) < 4.78 is 14.8. The van der Waals surface area contributed by atoms with Crippen LogP contribution in [-0.2, 0) is 6.54 Å². The van der Waals surface area contributed by atoms with Gasteiger partial charge in [0.25, 0.3) is 0 Å². The molecule has 0 saturated carbocycles. The molecule has 4 rings (SSSR count). The fourth-order valence-corrected chi connectivity index (χ4v) is 3.94. The van der Waals surface area contributed by atoms with Gasteiger partial charge in [-0.2, -0.15) is 0 Å². The number of rotatable bonds is 3. The molecule has 0 aliphatic carbocycles. The Labute approximate surface area is 137 Å². The van der Waals surface area contributed by atoms with E-state index in [0.717, 1.165) is 26.1 Å². The normalized spacial score (nSPS) is 24.2. The van der Waals surface area contributed by atoms with E-state index in [0.29, 0.717) is 22.4 Å². The van der Waals surface area contributed by atoms with Crippen molar-refractivity contribution in [3.05, 3.63) is 58.4 Å². The molecule has 3 heterocycles. The highest BCUT2D eigenvalue weighted by Crippen LogP contribution is 2.35. The van der Waals surface area contributed by atoms with Crippen molar-refractivity contribution >= 4 is 21.7 Å². The first-order valence-corrected chi connectivity index (χ1v) is 8.35. The van der Waals surface area contributed by atoms with Gasteiger partial charge in [0.1, 0.15) is 0 Å². The molecule has 2 fully saturated rings. The number of halogens is 2. The predicted octanol–water partition coefficient (Wildman–Crippen LogP) is 3.45. The molecule has 0 spiro atoms. The van der Waals surface area contributed by atoms with E-state index in [1.165, 1.54) is 11.6 Å². The Bertz CT molecular complexity index is 679. The van der Waals surface area contributed by atoms with Crippen LogP contribution in [0.15, 0.2) is 47.1 Å². The first-order valence-electron chi connectivity index (χ1n) is 7.56. The maximum Gasteiger partial charge on any atom is 0.166 e. The SMILES string of the molecule is Fc1cc(Br)cnc1N1CC2CC1CN2Cc1ccccc1. The van der Waals surface area contributed by atoms with Crippen LogP contribution < -0.4 is 4.90 Å². The lowest BCUT2D eigenvalue weighted by molar-refractivity contribution is 0.229. The number of aromatic nitrogens is 1. The zero-order valence-electron chi connectivity index (χ0n) is 12.1. The van der Waals surface area contributed by atoms with Gasteiger partial charge in [-0.15, -0.1) is 0 Å². The highest BCUT2D eigenvalue weighted by Gasteiger charge is 2.44. The second kappa shape index (κ2) is 5.63. The molecule has 3 nitrogen and oxygen atoms in total. The van der Waals surface area contributed by atoms with Gasteiger partial charge >= 0.3 is 0 Å². The number of anilines is 1. The molecule has 5 heteroatoms. The summed E-state index contributed by atoms with van der Waals surface area (Å²) in [5.74, 6) is 0.256. The van der Waals surface area contributed by atoms with Crippen LogP contribution in [0.25, 0.3) is 0 Å². The molecule has 1 aromatic carbocycles. The van der Waals surface area contributed by atoms with E-state index in [1.807, 2.05) is 6.07 Å². The molecule has 0 amide bonds. The molecule has 0 N–H and O–H groups in total. The molecule has 2 aromatic rings. The van der Waals surface area contributed by atoms with Crippen molar-refractivity contribution in [2.75, 3.05) is 18.0 Å². The standard InChI is InChI=1S/C17H17BrFN3/c18-13-6-16(19)17(20-8-13)22-11-14-7-15(22)10-21(14)9-12-4-2-1-3-5-12/h1-6,8,14-15H,7,9-11H2. The van der Waals surface area contributed by atoms with E-state index < -0.39 is 0 Å². The van der Waals surface area contributed by atoms with E-state index in [2.05, 4.69) is 55.0 Å². The number of hydrogen-bond donors (Lipinski definition) is 0. The number of pyridine rings is 1. The minimum Gasteiger partial charge on any atom is -0.348 e. The van der Waals surface area contributed by atoms with Gasteiger partial charge in [-0.3, -0.25) is 4.90 Å². The summed E-state index contributed by atoms with van der Waals surface area (Å²) in [7, 11) is 0. The highest BCUT2D eigenvalue weighted by molar-refractivity contribution is 9.10. The fourth-order valence-electron chi connectivity index (χ4n) is 3.64. The van der Waals surface area contributed by atoms with Crippen molar-refractivity contribution in [3.8, 4) is 0 Å². The van der Waals surface area contributed by atoms with Gasteiger partial charge < -0.3 is 4.90 Å². The third kappa shape index (κ3) is 2.52. The third-order valence-electron chi connectivity index (χ3n) is 4.64. The molecule has 2 saturated heterocycles. The van der Waals surface area contributed by atoms with Gasteiger partial charge in [0, 0.05) is 42.4 Å². The summed E-state index contributed by atoms with van der Waals surface area (Å²) in [5.41, 5.74) is 1.34. The smallest absolute Gasteiger partial charge is 0.166 e. The molecule has 2 bridgehead atoms. The summed E-state index contributed by atoms with van der Waals surface area (Å²) in [4.78, 5) is 8.91. The average molecular weight is 362 g/mol. The van der Waals surface area contributed by atoms with Crippen LogP contribution in [0.4, 0.5) is 10.2 Å². The Morgan fingerprint density at radius 2 is 2.00 bits per heavy atom. The van der Waals surface area contributed by atoms with Gasteiger partial charge in [0.2, 0.25) is 0 Å². The predicted molar refractivity (Wildman–Crippen MR) is 88.3 cm³/mol. The maximum absolute atomic E-state index is 14.1. The van der Waals surface area contributed by atoms with Gasteiger partial charge in [0.15, 0.2) is 11.6 Å². The molecule has 2 atom stereocenters. The van der Waals surface area contributed by atoms with Crippen molar-refractivity contribution in [1.82, 2.24) is 9.88 Å². The number of piperazine rings is 1. The summed E-state index contributed by atoms with van der Waals surface area (Å²) in [6.45, 7) is 2.83. The van der Waals surface area contributed by atoms with E-state index in [1.54, 1.807) is 6.20 Å². The number of likely N-dealkylation sites (tertiary alicyclic amines) is 1. The van der Waals surface area contributed by atoms with Crippen LogP contribution >= 0.6 is 15.9 Å².